The van der Waals surface area contributed by atoms with Crippen LogP contribution in [0.3, 0.4) is 0 Å². The van der Waals surface area contributed by atoms with E-state index in [1.807, 2.05) is 30.3 Å². The molecule has 0 aromatic heterocycles. The Morgan fingerprint density at radius 2 is 1.33 bits per heavy atom. The summed E-state index contributed by atoms with van der Waals surface area (Å²) in [7, 11) is -4.32. The van der Waals surface area contributed by atoms with Crippen LogP contribution in [0.5, 0.6) is 0 Å². The van der Waals surface area contributed by atoms with E-state index in [1.54, 1.807) is 18.2 Å². The first kappa shape index (κ1) is 12.6. The second-order valence-electron chi connectivity index (χ2n) is 3.80. The molecule has 4 heteroatoms. The predicted molar refractivity (Wildman–Crippen MR) is 70.9 cm³/mol. The Morgan fingerprint density at radius 1 is 0.722 bits per heavy atom. The second-order valence-corrected chi connectivity index (χ2v) is 5.61. The Morgan fingerprint density at radius 3 is 2.00 bits per heavy atom. The van der Waals surface area contributed by atoms with Gasteiger partial charge in [0, 0.05) is 16.3 Å². The Labute approximate surface area is 106 Å². The summed E-state index contributed by atoms with van der Waals surface area (Å²) in [5.74, 6) is 5.75. The third kappa shape index (κ3) is 3.06. The summed E-state index contributed by atoms with van der Waals surface area (Å²) < 4.78 is 0. The molecule has 2 aromatic rings. The lowest BCUT2D eigenvalue weighted by atomic mass is 10.2. The molecule has 0 saturated carbocycles. The van der Waals surface area contributed by atoms with Gasteiger partial charge in [-0.15, -0.1) is 0 Å². The van der Waals surface area contributed by atoms with Crippen LogP contribution in [0, 0.1) is 11.8 Å². The lowest BCUT2D eigenvalue weighted by Gasteiger charge is -2.11. The average molecular weight is 256 g/mol. The molecule has 3 N–H and O–H groups in total. The van der Waals surface area contributed by atoms with E-state index >= 15 is 0 Å². The van der Waals surface area contributed by atoms with Crippen LogP contribution >= 0.6 is 0 Å². The van der Waals surface area contributed by atoms with Crippen molar-refractivity contribution in [3.05, 3.63) is 65.7 Å². The highest BCUT2D eigenvalue weighted by Gasteiger charge is 2.32. The van der Waals surface area contributed by atoms with Gasteiger partial charge < -0.3 is 14.4 Å². The van der Waals surface area contributed by atoms with Crippen molar-refractivity contribution in [3.8, 4) is 11.8 Å². The van der Waals surface area contributed by atoms with Crippen molar-refractivity contribution >= 4 is 14.0 Å². The van der Waals surface area contributed by atoms with Gasteiger partial charge in [0.15, 0.2) is 0 Å². The molecule has 0 bridgehead atoms. The molecular weight excluding hydrogens is 244 g/mol. The number of hydrogen-bond acceptors (Lipinski definition) is 3. The molecule has 0 spiro atoms. The predicted octanol–water partition coefficient (Wildman–Crippen LogP) is 0.209. The zero-order valence-electron chi connectivity index (χ0n) is 9.54. The summed E-state index contributed by atoms with van der Waals surface area (Å²) in [6.45, 7) is 0. The number of hydrogen-bond donors (Lipinski definition) is 3. The van der Waals surface area contributed by atoms with Crippen LogP contribution in [0.15, 0.2) is 54.6 Å². The van der Waals surface area contributed by atoms with E-state index in [1.165, 1.54) is 6.07 Å². The van der Waals surface area contributed by atoms with Gasteiger partial charge in [-0.25, -0.2) is 0 Å². The van der Waals surface area contributed by atoms with Crippen molar-refractivity contribution in [2.75, 3.05) is 0 Å². The highest BCUT2D eigenvalue weighted by atomic mass is 28.4. The molecule has 3 nitrogen and oxygen atoms in total. The van der Waals surface area contributed by atoms with Crippen molar-refractivity contribution in [3.63, 3.8) is 0 Å². The Kier molecular flexibility index (Phi) is 3.60. The maximum Gasteiger partial charge on any atom is 0.530 e. The minimum absolute atomic E-state index is 0.105. The zero-order valence-corrected chi connectivity index (χ0v) is 10.5. The highest BCUT2D eigenvalue weighted by Crippen LogP contribution is 2.01. The van der Waals surface area contributed by atoms with E-state index in [-0.39, 0.29) is 5.19 Å². The van der Waals surface area contributed by atoms with E-state index in [4.69, 9.17) is 0 Å². The van der Waals surface area contributed by atoms with Gasteiger partial charge in [0.2, 0.25) is 0 Å². The summed E-state index contributed by atoms with van der Waals surface area (Å²) >= 11 is 0. The highest BCUT2D eigenvalue weighted by molar-refractivity contribution is 6.72. The van der Waals surface area contributed by atoms with Crippen molar-refractivity contribution in [2.24, 2.45) is 0 Å². The van der Waals surface area contributed by atoms with Crippen LogP contribution in [0.4, 0.5) is 0 Å². The molecule has 0 aliphatic heterocycles. The summed E-state index contributed by atoms with van der Waals surface area (Å²) in [6, 6.07) is 15.8. The monoisotopic (exact) mass is 256 g/mol. The number of rotatable bonds is 1. The van der Waals surface area contributed by atoms with E-state index in [0.29, 0.717) is 5.56 Å². The summed E-state index contributed by atoms with van der Waals surface area (Å²) in [4.78, 5) is 28.0. The molecule has 0 fully saturated rings. The van der Waals surface area contributed by atoms with E-state index in [2.05, 4.69) is 11.8 Å². The van der Waals surface area contributed by atoms with E-state index in [0.717, 1.165) is 5.56 Å². The van der Waals surface area contributed by atoms with Crippen molar-refractivity contribution in [2.45, 2.75) is 0 Å². The Hall–Kier alpha value is -1.90. The maximum atomic E-state index is 9.35. The number of benzene rings is 2. The van der Waals surface area contributed by atoms with Crippen molar-refractivity contribution in [1.82, 2.24) is 0 Å². The molecule has 0 atom stereocenters. The molecule has 18 heavy (non-hydrogen) atoms. The summed E-state index contributed by atoms with van der Waals surface area (Å²) in [5, 5.41) is 0.105. The Bertz CT molecular complexity index is 592. The van der Waals surface area contributed by atoms with Crippen LogP contribution in [-0.4, -0.2) is 23.2 Å². The third-order valence-electron chi connectivity index (χ3n) is 2.40. The smallest absolute Gasteiger partial charge is 0.386 e. The fraction of sp³-hybridized carbons (Fsp3) is 0. The topological polar surface area (TPSA) is 60.7 Å². The molecule has 0 saturated heterocycles. The molecule has 2 rings (SSSR count). The molecule has 2 aromatic carbocycles. The zero-order chi connectivity index (χ0) is 13.0. The molecular formula is C14H12O3Si. The standard InChI is InChI=1S/C14H12O3Si/c15-18(16,17)14-9-5-4-8-13(14)11-10-12-6-2-1-3-7-12/h1-9,15-17H. The first-order valence-corrected chi connectivity index (χ1v) is 7.25. The molecule has 0 unspecified atom stereocenters. The molecule has 0 aliphatic rings. The van der Waals surface area contributed by atoms with Crippen LogP contribution in [-0.2, 0) is 0 Å². The van der Waals surface area contributed by atoms with Crippen molar-refractivity contribution in [1.29, 1.82) is 0 Å². The van der Waals surface area contributed by atoms with Gasteiger partial charge >= 0.3 is 8.80 Å². The van der Waals surface area contributed by atoms with E-state index < -0.39 is 8.80 Å². The van der Waals surface area contributed by atoms with Gasteiger partial charge in [0.25, 0.3) is 0 Å². The fourth-order valence-electron chi connectivity index (χ4n) is 1.55. The van der Waals surface area contributed by atoms with Crippen LogP contribution in [0.1, 0.15) is 11.1 Å². The largest absolute Gasteiger partial charge is 0.530 e. The van der Waals surface area contributed by atoms with Crippen molar-refractivity contribution < 1.29 is 14.4 Å². The first-order chi connectivity index (χ1) is 8.57. The SMILES string of the molecule is O[Si](O)(O)c1ccccc1C#Cc1ccccc1. The van der Waals surface area contributed by atoms with Gasteiger partial charge in [-0.3, -0.25) is 0 Å². The minimum Gasteiger partial charge on any atom is -0.386 e. The normalized spacial score (nSPS) is 10.6. The third-order valence-corrected chi connectivity index (χ3v) is 3.56. The van der Waals surface area contributed by atoms with Gasteiger partial charge in [-0.1, -0.05) is 48.2 Å². The first-order valence-electron chi connectivity index (χ1n) is 5.41. The van der Waals surface area contributed by atoms with Gasteiger partial charge in [0.1, 0.15) is 0 Å². The summed E-state index contributed by atoms with van der Waals surface area (Å²) in [5.41, 5.74) is 1.26. The molecule has 0 aliphatic carbocycles. The molecule has 90 valence electrons. The van der Waals surface area contributed by atoms with Crippen LogP contribution in [0.25, 0.3) is 0 Å². The Balaban J connectivity index is 2.39. The van der Waals surface area contributed by atoms with Gasteiger partial charge in [0.05, 0.1) is 0 Å². The average Bonchev–Trinajstić information content (AvgIpc) is 2.37. The second kappa shape index (κ2) is 5.17. The fourth-order valence-corrected chi connectivity index (χ4v) is 2.37. The lowest BCUT2D eigenvalue weighted by Crippen LogP contribution is -2.50. The van der Waals surface area contributed by atoms with Gasteiger partial charge in [-0.2, -0.15) is 0 Å². The van der Waals surface area contributed by atoms with Crippen LogP contribution < -0.4 is 5.19 Å². The minimum atomic E-state index is -4.32. The molecule has 0 heterocycles. The molecule has 0 amide bonds. The summed E-state index contributed by atoms with van der Waals surface area (Å²) in [6.07, 6.45) is 0. The quantitative estimate of drug-likeness (QED) is 0.505. The van der Waals surface area contributed by atoms with Crippen LogP contribution in [0.2, 0.25) is 0 Å². The maximum absolute atomic E-state index is 9.35. The van der Waals surface area contributed by atoms with E-state index in [9.17, 15) is 14.4 Å². The lowest BCUT2D eigenvalue weighted by molar-refractivity contribution is 0.249. The van der Waals surface area contributed by atoms with Gasteiger partial charge in [-0.05, 0) is 18.2 Å². The molecule has 0 radical (unpaired) electrons.